The Kier molecular flexibility index (Phi) is 3.48. The smallest absolute Gasteiger partial charge is 0.255 e. The van der Waals surface area contributed by atoms with Gasteiger partial charge in [-0.25, -0.2) is 0 Å². The lowest BCUT2D eigenvalue weighted by atomic mass is 10.1. The van der Waals surface area contributed by atoms with E-state index in [0.29, 0.717) is 18.7 Å². The van der Waals surface area contributed by atoms with Gasteiger partial charge in [0, 0.05) is 38.6 Å². The van der Waals surface area contributed by atoms with Crippen LogP contribution in [0.1, 0.15) is 10.4 Å². The number of carbonyl (C=O) groups excluding carboxylic acids is 1. The number of nitrogens with one attached hydrogen (secondary N) is 1. The zero-order chi connectivity index (χ0) is 11.4. The highest BCUT2D eigenvalue weighted by molar-refractivity contribution is 5.94. The molecule has 0 aromatic carbocycles. The SMILES string of the molecule is NCC1CNCCN1C(=O)c1cccnc1. The third kappa shape index (κ3) is 2.20. The Morgan fingerprint density at radius 2 is 2.56 bits per heavy atom. The number of hydrogen-bond donors (Lipinski definition) is 2. The van der Waals surface area contributed by atoms with Gasteiger partial charge in [0.05, 0.1) is 11.6 Å². The molecule has 1 aliphatic rings. The number of aromatic nitrogens is 1. The molecule has 1 unspecified atom stereocenters. The maximum Gasteiger partial charge on any atom is 0.255 e. The van der Waals surface area contributed by atoms with E-state index in [-0.39, 0.29) is 11.9 Å². The maximum atomic E-state index is 12.2. The molecular formula is C11H16N4O. The maximum absolute atomic E-state index is 12.2. The number of hydrogen-bond acceptors (Lipinski definition) is 4. The Hall–Kier alpha value is -1.46. The molecule has 0 saturated carbocycles. The molecule has 1 atom stereocenters. The molecule has 5 heteroatoms. The Balaban J connectivity index is 2.14. The number of nitrogens with two attached hydrogens (primary N) is 1. The predicted molar refractivity (Wildman–Crippen MR) is 61.0 cm³/mol. The monoisotopic (exact) mass is 220 g/mol. The highest BCUT2D eigenvalue weighted by atomic mass is 16.2. The third-order valence-electron chi connectivity index (χ3n) is 2.79. The lowest BCUT2D eigenvalue weighted by Crippen LogP contribution is -2.56. The van der Waals surface area contributed by atoms with Gasteiger partial charge in [-0.3, -0.25) is 9.78 Å². The average molecular weight is 220 g/mol. The van der Waals surface area contributed by atoms with E-state index in [0.717, 1.165) is 13.1 Å². The molecule has 1 aliphatic heterocycles. The average Bonchev–Trinajstić information content (AvgIpc) is 2.39. The van der Waals surface area contributed by atoms with Gasteiger partial charge in [-0.15, -0.1) is 0 Å². The fourth-order valence-electron chi connectivity index (χ4n) is 1.89. The van der Waals surface area contributed by atoms with Crippen molar-refractivity contribution in [2.45, 2.75) is 6.04 Å². The highest BCUT2D eigenvalue weighted by Gasteiger charge is 2.26. The van der Waals surface area contributed by atoms with Crippen LogP contribution >= 0.6 is 0 Å². The van der Waals surface area contributed by atoms with Crippen LogP contribution < -0.4 is 11.1 Å². The summed E-state index contributed by atoms with van der Waals surface area (Å²) in [6, 6.07) is 3.64. The third-order valence-corrected chi connectivity index (χ3v) is 2.79. The van der Waals surface area contributed by atoms with E-state index in [4.69, 9.17) is 5.73 Å². The summed E-state index contributed by atoms with van der Waals surface area (Å²) in [6.45, 7) is 2.78. The summed E-state index contributed by atoms with van der Waals surface area (Å²) in [4.78, 5) is 18.0. The first kappa shape index (κ1) is 11.0. The summed E-state index contributed by atoms with van der Waals surface area (Å²) in [5.41, 5.74) is 6.29. The standard InChI is InChI=1S/C11H16N4O/c12-6-10-8-14-4-5-15(10)11(16)9-2-1-3-13-7-9/h1-3,7,10,14H,4-6,8,12H2. The van der Waals surface area contributed by atoms with Gasteiger partial charge in [0.2, 0.25) is 0 Å². The summed E-state index contributed by atoms with van der Waals surface area (Å²) in [5.74, 6) is 0.0186. The van der Waals surface area contributed by atoms with Crippen LogP contribution in [0.15, 0.2) is 24.5 Å². The molecule has 2 rings (SSSR count). The summed E-state index contributed by atoms with van der Waals surface area (Å²) in [5, 5.41) is 3.23. The lowest BCUT2D eigenvalue weighted by molar-refractivity contribution is 0.0644. The van der Waals surface area contributed by atoms with Crippen LogP contribution in [-0.2, 0) is 0 Å². The van der Waals surface area contributed by atoms with Gasteiger partial charge in [0.15, 0.2) is 0 Å². The minimum atomic E-state index is 0.0186. The number of carbonyl (C=O) groups is 1. The number of pyridine rings is 1. The molecule has 1 aromatic rings. The molecule has 16 heavy (non-hydrogen) atoms. The van der Waals surface area contributed by atoms with E-state index in [2.05, 4.69) is 10.3 Å². The lowest BCUT2D eigenvalue weighted by Gasteiger charge is -2.35. The minimum Gasteiger partial charge on any atom is -0.332 e. The Morgan fingerprint density at radius 1 is 1.69 bits per heavy atom. The Morgan fingerprint density at radius 3 is 3.25 bits per heavy atom. The van der Waals surface area contributed by atoms with Gasteiger partial charge in [-0.05, 0) is 12.1 Å². The van der Waals surface area contributed by atoms with Gasteiger partial charge in [0.25, 0.3) is 5.91 Å². The summed E-state index contributed by atoms with van der Waals surface area (Å²) in [7, 11) is 0. The molecule has 0 spiro atoms. The molecule has 0 aliphatic carbocycles. The molecule has 0 bridgehead atoms. The molecule has 1 saturated heterocycles. The van der Waals surface area contributed by atoms with Gasteiger partial charge in [-0.2, -0.15) is 0 Å². The van der Waals surface area contributed by atoms with Crippen molar-refractivity contribution in [3.63, 3.8) is 0 Å². The van der Waals surface area contributed by atoms with E-state index in [1.165, 1.54) is 0 Å². The molecule has 3 N–H and O–H groups in total. The molecule has 5 nitrogen and oxygen atoms in total. The van der Waals surface area contributed by atoms with Crippen LogP contribution in [-0.4, -0.2) is 48.0 Å². The van der Waals surface area contributed by atoms with Crippen molar-refractivity contribution in [3.8, 4) is 0 Å². The molecule has 1 fully saturated rings. The second-order valence-electron chi connectivity index (χ2n) is 3.83. The van der Waals surface area contributed by atoms with Crippen LogP contribution in [0.25, 0.3) is 0 Å². The van der Waals surface area contributed by atoms with E-state index in [1.807, 2.05) is 4.90 Å². The Labute approximate surface area is 94.6 Å². The quantitative estimate of drug-likeness (QED) is 0.702. The van der Waals surface area contributed by atoms with Crippen LogP contribution in [0.2, 0.25) is 0 Å². The second-order valence-corrected chi connectivity index (χ2v) is 3.83. The highest BCUT2D eigenvalue weighted by Crippen LogP contribution is 2.08. The van der Waals surface area contributed by atoms with Crippen molar-refractivity contribution in [1.29, 1.82) is 0 Å². The molecule has 0 radical (unpaired) electrons. The van der Waals surface area contributed by atoms with E-state index >= 15 is 0 Å². The fraction of sp³-hybridized carbons (Fsp3) is 0.455. The summed E-state index contributed by atoms with van der Waals surface area (Å²) >= 11 is 0. The van der Waals surface area contributed by atoms with Crippen molar-refractivity contribution >= 4 is 5.91 Å². The number of amides is 1. The van der Waals surface area contributed by atoms with Gasteiger partial charge < -0.3 is 16.0 Å². The van der Waals surface area contributed by atoms with E-state index in [1.54, 1.807) is 24.5 Å². The largest absolute Gasteiger partial charge is 0.332 e. The molecule has 1 amide bonds. The van der Waals surface area contributed by atoms with E-state index in [9.17, 15) is 4.79 Å². The summed E-state index contributed by atoms with van der Waals surface area (Å²) < 4.78 is 0. The van der Waals surface area contributed by atoms with Gasteiger partial charge >= 0.3 is 0 Å². The first-order chi connectivity index (χ1) is 7.83. The zero-order valence-corrected chi connectivity index (χ0v) is 9.10. The predicted octanol–water partition coefficient (Wildman–Crippen LogP) is -0.546. The minimum absolute atomic E-state index is 0.0186. The normalized spacial score (nSPS) is 20.8. The van der Waals surface area contributed by atoms with Crippen LogP contribution in [0.3, 0.4) is 0 Å². The summed E-state index contributed by atoms with van der Waals surface area (Å²) in [6.07, 6.45) is 3.26. The van der Waals surface area contributed by atoms with Crippen LogP contribution in [0.4, 0.5) is 0 Å². The van der Waals surface area contributed by atoms with Crippen molar-refractivity contribution in [2.24, 2.45) is 5.73 Å². The second kappa shape index (κ2) is 5.05. The number of nitrogens with zero attached hydrogens (tertiary/aromatic N) is 2. The van der Waals surface area contributed by atoms with Crippen molar-refractivity contribution < 1.29 is 4.79 Å². The van der Waals surface area contributed by atoms with Crippen LogP contribution in [0.5, 0.6) is 0 Å². The first-order valence-corrected chi connectivity index (χ1v) is 5.44. The molecular weight excluding hydrogens is 204 g/mol. The molecule has 2 heterocycles. The van der Waals surface area contributed by atoms with Crippen molar-refractivity contribution in [1.82, 2.24) is 15.2 Å². The number of piperazine rings is 1. The number of rotatable bonds is 2. The molecule has 86 valence electrons. The van der Waals surface area contributed by atoms with Crippen molar-refractivity contribution in [3.05, 3.63) is 30.1 Å². The zero-order valence-electron chi connectivity index (χ0n) is 9.10. The van der Waals surface area contributed by atoms with Crippen LogP contribution in [0, 0.1) is 0 Å². The molecule has 1 aromatic heterocycles. The van der Waals surface area contributed by atoms with Gasteiger partial charge in [0.1, 0.15) is 0 Å². The van der Waals surface area contributed by atoms with Gasteiger partial charge in [-0.1, -0.05) is 0 Å². The topological polar surface area (TPSA) is 71.2 Å². The van der Waals surface area contributed by atoms with E-state index < -0.39 is 0 Å². The van der Waals surface area contributed by atoms with Crippen molar-refractivity contribution in [2.75, 3.05) is 26.2 Å². The first-order valence-electron chi connectivity index (χ1n) is 5.44. The fourth-order valence-corrected chi connectivity index (χ4v) is 1.89. The Bertz CT molecular complexity index is 354.